The van der Waals surface area contributed by atoms with Crippen molar-refractivity contribution in [2.45, 2.75) is 6.92 Å². The Morgan fingerprint density at radius 2 is 1.77 bits per heavy atom. The minimum absolute atomic E-state index is 0.157. The fourth-order valence-electron chi connectivity index (χ4n) is 0.841. The molecule has 0 aliphatic carbocycles. The number of carbonyl (C=O) groups excluding carboxylic acids is 2. The molecule has 68 valence electrons. The highest BCUT2D eigenvalue weighted by Gasteiger charge is 2.09. The van der Waals surface area contributed by atoms with Crippen molar-refractivity contribution >= 4 is 11.8 Å². The summed E-state index contributed by atoms with van der Waals surface area (Å²) in [5.41, 5.74) is 0.215. The largest absolute Gasteiger partial charge is 0.749 e. The molecule has 1 rings (SSSR count). The molecule has 0 aromatic heterocycles. The smallest absolute Gasteiger partial charge is 0.249 e. The highest BCUT2D eigenvalue weighted by Crippen LogP contribution is 2.03. The summed E-state index contributed by atoms with van der Waals surface area (Å²) in [6.07, 6.45) is 0. The van der Waals surface area contributed by atoms with Gasteiger partial charge in [0.25, 0.3) is 0 Å². The molecule has 0 N–H and O–H groups in total. The van der Waals surface area contributed by atoms with E-state index >= 15 is 0 Å². The zero-order chi connectivity index (χ0) is 9.84. The Kier molecular flexibility index (Phi) is 2.76. The minimum Gasteiger partial charge on any atom is -0.749 e. The van der Waals surface area contributed by atoms with Gasteiger partial charge in [0, 0.05) is 12.5 Å². The molecule has 0 aliphatic rings. The zero-order valence-electron chi connectivity index (χ0n) is 7.06. The van der Waals surface area contributed by atoms with Crippen molar-refractivity contribution < 1.29 is 9.59 Å². The SMILES string of the molecule is CC(=O)N([O-])C(=O)c1ccccc1. The molecule has 4 heteroatoms. The van der Waals surface area contributed by atoms with Crippen molar-refractivity contribution in [3.8, 4) is 0 Å². The first-order valence-electron chi connectivity index (χ1n) is 3.70. The van der Waals surface area contributed by atoms with Crippen LogP contribution >= 0.6 is 0 Å². The molecule has 0 unspecified atom stereocenters. The van der Waals surface area contributed by atoms with Crippen LogP contribution in [0.2, 0.25) is 0 Å². The van der Waals surface area contributed by atoms with Gasteiger partial charge in [-0.15, -0.1) is 0 Å². The second-order valence-electron chi connectivity index (χ2n) is 2.48. The Morgan fingerprint density at radius 1 is 1.23 bits per heavy atom. The predicted octanol–water partition coefficient (Wildman–Crippen LogP) is 1.17. The van der Waals surface area contributed by atoms with Crippen LogP contribution in [0.25, 0.3) is 0 Å². The molecule has 0 saturated carbocycles. The summed E-state index contributed by atoms with van der Waals surface area (Å²) in [4.78, 5) is 21.7. The van der Waals surface area contributed by atoms with Gasteiger partial charge >= 0.3 is 0 Å². The summed E-state index contributed by atoms with van der Waals surface area (Å²) in [6.45, 7) is 1.05. The molecule has 0 atom stereocenters. The lowest BCUT2D eigenvalue weighted by atomic mass is 10.2. The van der Waals surface area contributed by atoms with Crippen molar-refractivity contribution in [2.24, 2.45) is 0 Å². The first-order valence-corrected chi connectivity index (χ1v) is 3.70. The van der Waals surface area contributed by atoms with Crippen molar-refractivity contribution in [1.29, 1.82) is 0 Å². The molecule has 0 radical (unpaired) electrons. The van der Waals surface area contributed by atoms with E-state index in [-0.39, 0.29) is 10.6 Å². The van der Waals surface area contributed by atoms with Crippen LogP contribution < -0.4 is 0 Å². The average Bonchev–Trinajstić information content (AvgIpc) is 2.17. The molecular weight excluding hydrogens is 170 g/mol. The Bertz CT molecular complexity index is 321. The molecule has 4 nitrogen and oxygen atoms in total. The maximum Gasteiger partial charge on any atom is 0.249 e. The Hall–Kier alpha value is -1.68. The van der Waals surface area contributed by atoms with Crippen LogP contribution in [-0.4, -0.2) is 16.9 Å². The van der Waals surface area contributed by atoms with Gasteiger partial charge < -0.3 is 10.3 Å². The van der Waals surface area contributed by atoms with Gasteiger partial charge in [-0.25, -0.2) is 0 Å². The molecule has 1 aromatic carbocycles. The topological polar surface area (TPSA) is 60.4 Å². The number of amides is 2. The van der Waals surface area contributed by atoms with Crippen LogP contribution in [-0.2, 0) is 4.79 Å². The molecule has 0 heterocycles. The van der Waals surface area contributed by atoms with Gasteiger partial charge in [-0.2, -0.15) is 0 Å². The summed E-state index contributed by atoms with van der Waals surface area (Å²) in [5.74, 6) is -1.64. The summed E-state index contributed by atoms with van der Waals surface area (Å²) < 4.78 is 0. The number of hydrogen-bond acceptors (Lipinski definition) is 3. The van der Waals surface area contributed by atoms with E-state index in [2.05, 4.69) is 0 Å². The molecule has 2 amide bonds. The van der Waals surface area contributed by atoms with Crippen molar-refractivity contribution in [2.75, 3.05) is 0 Å². The minimum atomic E-state index is -0.826. The summed E-state index contributed by atoms with van der Waals surface area (Å²) >= 11 is 0. The standard InChI is InChI=1S/C9H8NO3/c1-7(11)10(13)9(12)8-5-3-2-4-6-8/h2-6H,1H3/q-1. The zero-order valence-corrected chi connectivity index (χ0v) is 7.06. The first-order chi connectivity index (χ1) is 6.13. The summed E-state index contributed by atoms with van der Waals surface area (Å²) in [7, 11) is 0. The van der Waals surface area contributed by atoms with Gasteiger partial charge in [-0.05, 0) is 12.1 Å². The lowest BCUT2D eigenvalue weighted by Crippen LogP contribution is -2.29. The van der Waals surface area contributed by atoms with E-state index in [4.69, 9.17) is 0 Å². The van der Waals surface area contributed by atoms with Gasteiger partial charge in [0.15, 0.2) is 0 Å². The van der Waals surface area contributed by atoms with E-state index in [1.807, 2.05) is 0 Å². The number of hydrogen-bond donors (Lipinski definition) is 0. The fourth-order valence-corrected chi connectivity index (χ4v) is 0.841. The fraction of sp³-hybridized carbons (Fsp3) is 0.111. The van der Waals surface area contributed by atoms with E-state index < -0.39 is 11.8 Å². The highest BCUT2D eigenvalue weighted by atomic mass is 16.5. The number of benzene rings is 1. The Morgan fingerprint density at radius 3 is 2.23 bits per heavy atom. The van der Waals surface area contributed by atoms with Crippen LogP contribution in [0.15, 0.2) is 30.3 Å². The summed E-state index contributed by atoms with van der Waals surface area (Å²) in [6, 6.07) is 7.94. The van der Waals surface area contributed by atoms with Gasteiger partial charge in [0.1, 0.15) is 0 Å². The molecule has 0 bridgehead atoms. The van der Waals surface area contributed by atoms with Crippen LogP contribution in [0.3, 0.4) is 0 Å². The van der Waals surface area contributed by atoms with Crippen LogP contribution in [0, 0.1) is 5.21 Å². The van der Waals surface area contributed by atoms with Gasteiger partial charge in [0.05, 0.1) is 0 Å². The Labute approximate surface area is 75.4 Å². The van der Waals surface area contributed by atoms with Gasteiger partial charge in [-0.1, -0.05) is 18.2 Å². The van der Waals surface area contributed by atoms with Crippen molar-refractivity contribution in [3.63, 3.8) is 0 Å². The molecule has 13 heavy (non-hydrogen) atoms. The number of hydroxylamine groups is 2. The molecule has 1 aromatic rings. The normalized spacial score (nSPS) is 9.38. The number of carbonyl (C=O) groups is 2. The monoisotopic (exact) mass is 178 g/mol. The third kappa shape index (κ3) is 2.13. The van der Waals surface area contributed by atoms with Crippen LogP contribution in [0.5, 0.6) is 0 Å². The van der Waals surface area contributed by atoms with Gasteiger partial charge in [0.2, 0.25) is 11.8 Å². The lowest BCUT2D eigenvalue weighted by molar-refractivity contribution is -0.124. The third-order valence-corrected chi connectivity index (χ3v) is 1.49. The highest BCUT2D eigenvalue weighted by molar-refractivity contribution is 6.04. The van der Waals surface area contributed by atoms with E-state index in [9.17, 15) is 14.8 Å². The Balaban J connectivity index is 2.86. The maximum absolute atomic E-state index is 11.2. The molecule has 0 fully saturated rings. The molecule has 0 spiro atoms. The molecule has 0 saturated heterocycles. The number of imide groups is 1. The quantitative estimate of drug-likeness (QED) is 0.606. The summed E-state index contributed by atoms with van der Waals surface area (Å²) in [5, 5.41) is 10.7. The van der Waals surface area contributed by atoms with Crippen LogP contribution in [0.4, 0.5) is 0 Å². The second-order valence-corrected chi connectivity index (χ2v) is 2.48. The first kappa shape index (κ1) is 9.41. The van der Waals surface area contributed by atoms with E-state index in [1.54, 1.807) is 18.2 Å². The molecule has 0 aliphatic heterocycles. The van der Waals surface area contributed by atoms with Crippen molar-refractivity contribution in [1.82, 2.24) is 5.06 Å². The number of rotatable bonds is 1. The molecular formula is C9H8NO3-. The van der Waals surface area contributed by atoms with E-state index in [1.165, 1.54) is 12.1 Å². The van der Waals surface area contributed by atoms with Gasteiger partial charge in [-0.3, -0.25) is 9.59 Å². The van der Waals surface area contributed by atoms with E-state index in [0.29, 0.717) is 0 Å². The van der Waals surface area contributed by atoms with Crippen molar-refractivity contribution in [3.05, 3.63) is 41.1 Å². The average molecular weight is 178 g/mol. The van der Waals surface area contributed by atoms with E-state index in [0.717, 1.165) is 6.92 Å². The maximum atomic E-state index is 11.2. The lowest BCUT2D eigenvalue weighted by Gasteiger charge is -2.23. The third-order valence-electron chi connectivity index (χ3n) is 1.49. The second kappa shape index (κ2) is 3.82. The predicted molar refractivity (Wildman–Crippen MR) is 46.7 cm³/mol. The van der Waals surface area contributed by atoms with Crippen LogP contribution in [0.1, 0.15) is 17.3 Å². The number of nitrogens with zero attached hydrogens (tertiary/aromatic N) is 1.